The van der Waals surface area contributed by atoms with E-state index in [1.807, 2.05) is 0 Å². The third-order valence-electron chi connectivity index (χ3n) is 2.85. The molecular weight excluding hydrogens is 386 g/mol. The van der Waals surface area contributed by atoms with Crippen LogP contribution in [0.3, 0.4) is 0 Å². The van der Waals surface area contributed by atoms with Crippen LogP contribution in [0.5, 0.6) is 0 Å². The number of rotatable bonds is 4. The van der Waals surface area contributed by atoms with Crippen LogP contribution in [0.15, 0.2) is 12.3 Å². The summed E-state index contributed by atoms with van der Waals surface area (Å²) in [5.41, 5.74) is 5.26. The molecule has 108 valence electrons. The maximum Gasteiger partial charge on any atom is 0.320 e. The third kappa shape index (κ3) is 3.59. The number of ketones is 1. The summed E-state index contributed by atoms with van der Waals surface area (Å²) in [7, 11) is 0. The minimum Gasteiger partial charge on any atom is -0.388 e. The van der Waals surface area contributed by atoms with Gasteiger partial charge >= 0.3 is 6.03 Å². The molecule has 6 nitrogen and oxygen atoms in total. The van der Waals surface area contributed by atoms with Crippen molar-refractivity contribution in [3.8, 4) is 0 Å². The Bertz CT molecular complexity index is 402. The minimum atomic E-state index is -1.20. The maximum absolute atomic E-state index is 11.5. The minimum absolute atomic E-state index is 0.244. The van der Waals surface area contributed by atoms with E-state index in [9.17, 15) is 14.7 Å². The molecule has 2 amide bonds. The summed E-state index contributed by atoms with van der Waals surface area (Å²) in [5, 5.41) is 10.1. The molecule has 19 heavy (non-hydrogen) atoms. The monoisotopic (exact) mass is 402 g/mol. The molecule has 1 fully saturated rings. The first-order valence-electron chi connectivity index (χ1n) is 5.56. The van der Waals surface area contributed by atoms with E-state index >= 15 is 0 Å². The molecule has 1 heterocycles. The summed E-state index contributed by atoms with van der Waals surface area (Å²) < 4.78 is 6.08. The number of nitrogens with zero attached hydrogens (tertiary/aromatic N) is 1. The Morgan fingerprint density at radius 2 is 2.21 bits per heavy atom. The fourth-order valence-electron chi connectivity index (χ4n) is 1.79. The number of halogens is 2. The van der Waals surface area contributed by atoms with Crippen LogP contribution in [-0.2, 0) is 9.53 Å². The van der Waals surface area contributed by atoms with E-state index in [0.29, 0.717) is 4.43 Å². The van der Waals surface area contributed by atoms with Gasteiger partial charge in [-0.25, -0.2) is 4.79 Å². The van der Waals surface area contributed by atoms with Gasteiger partial charge in [0.05, 0.1) is 6.10 Å². The largest absolute Gasteiger partial charge is 0.388 e. The lowest BCUT2D eigenvalue weighted by atomic mass is 10.0. The summed E-state index contributed by atoms with van der Waals surface area (Å²) in [6.07, 6.45) is 0.0321. The van der Waals surface area contributed by atoms with Crippen molar-refractivity contribution in [1.82, 2.24) is 4.90 Å². The van der Waals surface area contributed by atoms with Gasteiger partial charge in [0.2, 0.25) is 0 Å². The number of aliphatic hydroxyl groups is 1. The highest BCUT2D eigenvalue weighted by atomic mass is 127. The highest BCUT2D eigenvalue weighted by Gasteiger charge is 2.54. The molecule has 1 saturated heterocycles. The van der Waals surface area contributed by atoms with E-state index in [4.69, 9.17) is 22.1 Å². The highest BCUT2D eigenvalue weighted by Crippen LogP contribution is 2.39. The van der Waals surface area contributed by atoms with Crippen molar-refractivity contribution in [2.24, 2.45) is 5.73 Å². The van der Waals surface area contributed by atoms with Crippen molar-refractivity contribution < 1.29 is 19.4 Å². The topological polar surface area (TPSA) is 92.9 Å². The molecule has 0 aromatic heterocycles. The van der Waals surface area contributed by atoms with Gasteiger partial charge in [-0.15, -0.1) is 11.6 Å². The Hall–Kier alpha value is -0.380. The van der Waals surface area contributed by atoms with Crippen LogP contribution in [0.2, 0.25) is 0 Å². The normalized spacial score (nSPS) is 34.7. The molecule has 0 aliphatic carbocycles. The molecule has 0 aromatic rings. The van der Waals surface area contributed by atoms with Crippen LogP contribution in [0.4, 0.5) is 4.79 Å². The number of carbonyl (C=O) groups is 2. The van der Waals surface area contributed by atoms with Crippen LogP contribution in [-0.4, -0.2) is 49.6 Å². The average Bonchev–Trinajstić information content (AvgIpc) is 2.52. The van der Waals surface area contributed by atoms with Crippen molar-refractivity contribution in [3.05, 3.63) is 12.3 Å². The van der Waals surface area contributed by atoms with Gasteiger partial charge in [-0.1, -0.05) is 22.6 Å². The lowest BCUT2D eigenvalue weighted by molar-refractivity contribution is -0.112. The van der Waals surface area contributed by atoms with Crippen LogP contribution < -0.4 is 5.73 Å². The number of nitrogens with two attached hydrogens (primary N) is 1. The summed E-state index contributed by atoms with van der Waals surface area (Å²) in [5.74, 6) is -0.244. The lowest BCUT2D eigenvalue weighted by Gasteiger charge is -2.31. The van der Waals surface area contributed by atoms with Crippen molar-refractivity contribution in [1.29, 1.82) is 0 Å². The Labute approximate surface area is 130 Å². The van der Waals surface area contributed by atoms with E-state index < -0.39 is 29.3 Å². The molecule has 0 aromatic carbocycles. The van der Waals surface area contributed by atoms with Gasteiger partial charge in [0.1, 0.15) is 11.0 Å². The Balaban J connectivity index is 3.03. The smallest absolute Gasteiger partial charge is 0.320 e. The zero-order valence-corrected chi connectivity index (χ0v) is 13.5. The molecule has 8 heteroatoms. The molecule has 0 spiro atoms. The first kappa shape index (κ1) is 16.7. The molecule has 0 unspecified atom stereocenters. The molecule has 4 atom stereocenters. The maximum atomic E-state index is 11.5. The Morgan fingerprint density at radius 3 is 2.58 bits per heavy atom. The van der Waals surface area contributed by atoms with Gasteiger partial charge in [-0.2, -0.15) is 0 Å². The second kappa shape index (κ2) is 6.38. The second-order valence-electron chi connectivity index (χ2n) is 4.45. The van der Waals surface area contributed by atoms with Gasteiger partial charge in [0, 0.05) is 10.6 Å². The van der Waals surface area contributed by atoms with E-state index in [1.54, 1.807) is 6.92 Å². The predicted molar refractivity (Wildman–Crippen MR) is 79.1 cm³/mol. The fourth-order valence-corrected chi connectivity index (χ4v) is 2.78. The molecule has 0 bridgehead atoms. The number of primary amides is 1. The number of alkyl halides is 2. The quantitative estimate of drug-likeness (QED) is 0.417. The van der Waals surface area contributed by atoms with Crippen LogP contribution in [0.25, 0.3) is 0 Å². The van der Waals surface area contributed by atoms with E-state index in [2.05, 4.69) is 22.6 Å². The summed E-state index contributed by atoms with van der Waals surface area (Å²) in [6.45, 7) is 2.90. The first-order chi connectivity index (χ1) is 8.71. The summed E-state index contributed by atoms with van der Waals surface area (Å²) >= 11 is 8.32. The van der Waals surface area contributed by atoms with Crippen molar-refractivity contribution in [3.63, 3.8) is 0 Å². The SMILES string of the molecule is CC(=O)/C=C\N(C(N)=O)[C@@H]1O[C@H](CI)[C@@H](O)[C@@]1(C)Cl. The molecule has 3 N–H and O–H groups in total. The number of allylic oxidation sites excluding steroid dienone is 1. The predicted octanol–water partition coefficient (Wildman–Crippen LogP) is 0.988. The zero-order valence-electron chi connectivity index (χ0n) is 10.5. The van der Waals surface area contributed by atoms with Crippen LogP contribution in [0, 0.1) is 0 Å². The van der Waals surface area contributed by atoms with Gasteiger partial charge in [0.25, 0.3) is 0 Å². The summed E-state index contributed by atoms with van der Waals surface area (Å²) in [6, 6.07) is -0.810. The number of hydrogen-bond acceptors (Lipinski definition) is 4. The second-order valence-corrected chi connectivity index (χ2v) is 6.14. The van der Waals surface area contributed by atoms with Crippen molar-refractivity contribution in [2.45, 2.75) is 37.2 Å². The highest BCUT2D eigenvalue weighted by molar-refractivity contribution is 14.1. The zero-order chi connectivity index (χ0) is 14.8. The number of amides is 2. The van der Waals surface area contributed by atoms with Gasteiger partial charge in [-0.05, 0) is 19.9 Å². The molecule has 0 saturated carbocycles. The van der Waals surface area contributed by atoms with Gasteiger partial charge < -0.3 is 15.6 Å². The van der Waals surface area contributed by atoms with E-state index in [1.165, 1.54) is 19.2 Å². The van der Waals surface area contributed by atoms with Gasteiger partial charge in [0.15, 0.2) is 12.0 Å². The summed E-state index contributed by atoms with van der Waals surface area (Å²) in [4.78, 5) is 22.2. The van der Waals surface area contributed by atoms with Gasteiger partial charge in [-0.3, -0.25) is 9.69 Å². The number of hydrogen-bond donors (Lipinski definition) is 2. The average molecular weight is 403 g/mol. The van der Waals surface area contributed by atoms with E-state index in [-0.39, 0.29) is 5.78 Å². The number of urea groups is 1. The molecule has 1 aliphatic rings. The molecular formula is C11H16ClIN2O4. The fraction of sp³-hybridized carbons (Fsp3) is 0.636. The third-order valence-corrected chi connectivity index (χ3v) is 4.12. The van der Waals surface area contributed by atoms with Crippen LogP contribution in [0.1, 0.15) is 13.8 Å². The standard InChI is InChI=1S/C11H16ClIN2O4/c1-6(16)3-4-15(10(14)18)9-11(2,12)8(17)7(5-13)19-9/h3-4,7-9,17H,5H2,1-2H3,(H2,14,18)/b4-3-/t7-,8-,9-,11-/m1/s1. The number of aliphatic hydroxyl groups excluding tert-OH is 1. The van der Waals surface area contributed by atoms with E-state index in [0.717, 1.165) is 4.90 Å². The molecule has 1 aliphatic heterocycles. The molecule has 1 rings (SSSR count). The Kier molecular flexibility index (Phi) is 5.60. The van der Waals surface area contributed by atoms with Crippen molar-refractivity contribution >= 4 is 46.0 Å². The number of ether oxygens (including phenoxy) is 1. The number of carbonyl (C=O) groups excluding carboxylic acids is 2. The molecule has 0 radical (unpaired) electrons. The Morgan fingerprint density at radius 1 is 1.63 bits per heavy atom. The van der Waals surface area contributed by atoms with Crippen LogP contribution >= 0.6 is 34.2 Å². The lowest BCUT2D eigenvalue weighted by Crippen LogP contribution is -2.51. The first-order valence-corrected chi connectivity index (χ1v) is 7.47. The van der Waals surface area contributed by atoms with Crippen molar-refractivity contribution in [2.75, 3.05) is 4.43 Å².